The van der Waals surface area contributed by atoms with E-state index in [9.17, 15) is 4.79 Å². The normalized spacial score (nSPS) is 10.0. The van der Waals surface area contributed by atoms with E-state index in [4.69, 9.17) is 4.74 Å². The standard InChI is InChI=1S/C12H11N3O2/c1-8-4-15-11(7-14-8)12(16)9-3-10(17-2)6-13-5-9/h3-7H,1-2H3. The highest BCUT2D eigenvalue weighted by Gasteiger charge is 2.12. The van der Waals surface area contributed by atoms with Gasteiger partial charge in [0.2, 0.25) is 5.78 Å². The lowest BCUT2D eigenvalue weighted by Gasteiger charge is -2.02. The van der Waals surface area contributed by atoms with Crippen LogP contribution in [-0.4, -0.2) is 27.8 Å². The van der Waals surface area contributed by atoms with Crippen molar-refractivity contribution >= 4 is 5.78 Å². The highest BCUT2D eigenvalue weighted by atomic mass is 16.5. The Morgan fingerprint density at radius 2 is 2.00 bits per heavy atom. The monoisotopic (exact) mass is 229 g/mol. The SMILES string of the molecule is COc1cncc(C(=O)c2cnc(C)cn2)c1. The Hall–Kier alpha value is -2.30. The molecule has 5 nitrogen and oxygen atoms in total. The molecule has 2 rings (SSSR count). The quantitative estimate of drug-likeness (QED) is 0.745. The maximum Gasteiger partial charge on any atom is 0.214 e. The lowest BCUT2D eigenvalue weighted by molar-refractivity contribution is 0.103. The number of carbonyl (C=O) groups is 1. The van der Waals surface area contributed by atoms with Gasteiger partial charge in [0.25, 0.3) is 0 Å². The van der Waals surface area contributed by atoms with Crippen molar-refractivity contribution in [2.24, 2.45) is 0 Å². The summed E-state index contributed by atoms with van der Waals surface area (Å²) in [5, 5.41) is 0. The largest absolute Gasteiger partial charge is 0.495 e. The minimum atomic E-state index is -0.219. The smallest absolute Gasteiger partial charge is 0.214 e. The zero-order valence-electron chi connectivity index (χ0n) is 9.54. The molecule has 0 radical (unpaired) electrons. The first-order valence-corrected chi connectivity index (χ1v) is 5.03. The molecule has 0 aliphatic carbocycles. The van der Waals surface area contributed by atoms with Gasteiger partial charge in [-0.15, -0.1) is 0 Å². The van der Waals surface area contributed by atoms with Crippen molar-refractivity contribution in [3.05, 3.63) is 47.8 Å². The van der Waals surface area contributed by atoms with Gasteiger partial charge in [-0.2, -0.15) is 0 Å². The van der Waals surface area contributed by atoms with Crippen molar-refractivity contribution in [2.75, 3.05) is 7.11 Å². The first-order chi connectivity index (χ1) is 8.20. The van der Waals surface area contributed by atoms with E-state index in [0.29, 0.717) is 17.0 Å². The molecule has 0 spiro atoms. The van der Waals surface area contributed by atoms with Gasteiger partial charge in [0, 0.05) is 18.0 Å². The molecule has 0 saturated carbocycles. The van der Waals surface area contributed by atoms with Crippen molar-refractivity contribution in [1.29, 1.82) is 0 Å². The van der Waals surface area contributed by atoms with Crippen molar-refractivity contribution in [3.63, 3.8) is 0 Å². The average molecular weight is 229 g/mol. The third kappa shape index (κ3) is 2.44. The fourth-order valence-electron chi connectivity index (χ4n) is 1.31. The van der Waals surface area contributed by atoms with Crippen LogP contribution in [-0.2, 0) is 0 Å². The topological polar surface area (TPSA) is 65.0 Å². The van der Waals surface area contributed by atoms with Gasteiger partial charge in [0.05, 0.1) is 25.2 Å². The second kappa shape index (κ2) is 4.69. The molecule has 2 aromatic rings. The molecular weight excluding hydrogens is 218 g/mol. The predicted octanol–water partition coefficient (Wildman–Crippen LogP) is 1.42. The summed E-state index contributed by atoms with van der Waals surface area (Å²) in [7, 11) is 1.52. The second-order valence-corrected chi connectivity index (χ2v) is 3.49. The van der Waals surface area contributed by atoms with Crippen molar-refractivity contribution in [1.82, 2.24) is 15.0 Å². The Morgan fingerprint density at radius 1 is 1.18 bits per heavy atom. The second-order valence-electron chi connectivity index (χ2n) is 3.49. The number of pyridine rings is 1. The number of hydrogen-bond donors (Lipinski definition) is 0. The molecule has 0 amide bonds. The molecule has 0 bridgehead atoms. The molecule has 17 heavy (non-hydrogen) atoms. The lowest BCUT2D eigenvalue weighted by atomic mass is 10.1. The van der Waals surface area contributed by atoms with E-state index in [2.05, 4.69) is 15.0 Å². The Bertz CT molecular complexity index is 538. The van der Waals surface area contributed by atoms with Gasteiger partial charge in [0.1, 0.15) is 11.4 Å². The van der Waals surface area contributed by atoms with Crippen molar-refractivity contribution < 1.29 is 9.53 Å². The Labute approximate surface area is 98.5 Å². The number of ketones is 1. The minimum absolute atomic E-state index is 0.219. The van der Waals surface area contributed by atoms with E-state index in [0.717, 1.165) is 5.69 Å². The van der Waals surface area contributed by atoms with Gasteiger partial charge >= 0.3 is 0 Å². The van der Waals surface area contributed by atoms with E-state index >= 15 is 0 Å². The molecular formula is C12H11N3O2. The number of ether oxygens (including phenoxy) is 1. The minimum Gasteiger partial charge on any atom is -0.495 e. The number of aryl methyl sites for hydroxylation is 1. The van der Waals surface area contributed by atoms with Crippen LogP contribution in [0.25, 0.3) is 0 Å². The molecule has 86 valence electrons. The van der Waals surface area contributed by atoms with E-state index in [1.54, 1.807) is 12.3 Å². The fraction of sp³-hybridized carbons (Fsp3) is 0.167. The van der Waals surface area contributed by atoms with E-state index in [-0.39, 0.29) is 5.78 Å². The van der Waals surface area contributed by atoms with Crippen LogP contribution in [0.15, 0.2) is 30.9 Å². The van der Waals surface area contributed by atoms with E-state index < -0.39 is 0 Å². The zero-order chi connectivity index (χ0) is 12.3. The molecule has 0 fully saturated rings. The van der Waals surface area contributed by atoms with Crippen molar-refractivity contribution in [3.8, 4) is 5.75 Å². The highest BCUT2D eigenvalue weighted by Crippen LogP contribution is 2.13. The Kier molecular flexibility index (Phi) is 3.09. The Balaban J connectivity index is 2.33. The van der Waals surface area contributed by atoms with Crippen LogP contribution in [0.1, 0.15) is 21.7 Å². The molecule has 0 aromatic carbocycles. The number of methoxy groups -OCH3 is 1. The maximum atomic E-state index is 12.0. The number of nitrogens with zero attached hydrogens (tertiary/aromatic N) is 3. The fourth-order valence-corrected chi connectivity index (χ4v) is 1.31. The van der Waals surface area contributed by atoms with Crippen LogP contribution in [0.2, 0.25) is 0 Å². The zero-order valence-corrected chi connectivity index (χ0v) is 9.54. The molecule has 0 saturated heterocycles. The molecule has 2 heterocycles. The highest BCUT2D eigenvalue weighted by molar-refractivity contribution is 6.07. The summed E-state index contributed by atoms with van der Waals surface area (Å²) in [5.41, 5.74) is 1.50. The van der Waals surface area contributed by atoms with Crippen LogP contribution < -0.4 is 4.74 Å². The first-order valence-electron chi connectivity index (χ1n) is 5.03. The summed E-state index contributed by atoms with van der Waals surface area (Å²) >= 11 is 0. The lowest BCUT2D eigenvalue weighted by Crippen LogP contribution is -2.05. The molecule has 2 aromatic heterocycles. The number of rotatable bonds is 3. The van der Waals surface area contributed by atoms with Gasteiger partial charge < -0.3 is 4.74 Å². The maximum absolute atomic E-state index is 12.0. The molecule has 0 aliphatic rings. The van der Waals surface area contributed by atoms with Crippen LogP contribution in [0.5, 0.6) is 5.75 Å². The number of hydrogen-bond acceptors (Lipinski definition) is 5. The average Bonchev–Trinajstić information content (AvgIpc) is 2.39. The van der Waals surface area contributed by atoms with Gasteiger partial charge in [0.15, 0.2) is 0 Å². The van der Waals surface area contributed by atoms with E-state index in [1.807, 2.05) is 6.92 Å². The van der Waals surface area contributed by atoms with Crippen LogP contribution in [0.4, 0.5) is 0 Å². The van der Waals surface area contributed by atoms with Gasteiger partial charge in [-0.05, 0) is 13.0 Å². The summed E-state index contributed by atoms with van der Waals surface area (Å²) in [6.45, 7) is 1.81. The number of aromatic nitrogens is 3. The summed E-state index contributed by atoms with van der Waals surface area (Å²) in [6, 6.07) is 1.62. The molecule has 0 aliphatic heterocycles. The third-order valence-electron chi connectivity index (χ3n) is 2.22. The third-order valence-corrected chi connectivity index (χ3v) is 2.22. The summed E-state index contributed by atoms with van der Waals surface area (Å²) in [5.74, 6) is 0.319. The summed E-state index contributed by atoms with van der Waals surface area (Å²) < 4.78 is 5.01. The van der Waals surface area contributed by atoms with E-state index in [1.165, 1.54) is 25.7 Å². The van der Waals surface area contributed by atoms with Gasteiger partial charge in [-0.3, -0.25) is 14.8 Å². The first kappa shape index (κ1) is 11.2. The van der Waals surface area contributed by atoms with Crippen LogP contribution >= 0.6 is 0 Å². The van der Waals surface area contributed by atoms with Gasteiger partial charge in [-0.1, -0.05) is 0 Å². The van der Waals surface area contributed by atoms with Gasteiger partial charge in [-0.25, -0.2) is 4.98 Å². The number of carbonyl (C=O) groups excluding carboxylic acids is 1. The summed E-state index contributed by atoms with van der Waals surface area (Å²) in [6.07, 6.45) is 6.03. The molecule has 0 N–H and O–H groups in total. The molecule has 0 atom stereocenters. The predicted molar refractivity (Wildman–Crippen MR) is 61.0 cm³/mol. The van der Waals surface area contributed by atoms with Crippen LogP contribution in [0.3, 0.4) is 0 Å². The molecule has 5 heteroatoms. The Morgan fingerprint density at radius 3 is 2.65 bits per heavy atom. The van der Waals surface area contributed by atoms with Crippen molar-refractivity contribution in [2.45, 2.75) is 6.92 Å². The summed E-state index contributed by atoms with van der Waals surface area (Å²) in [4.78, 5) is 24.0. The van der Waals surface area contributed by atoms with Crippen LogP contribution in [0, 0.1) is 6.92 Å². The molecule has 0 unspecified atom stereocenters.